The number of nitrogens with zero attached hydrogens (tertiary/aromatic N) is 1. The summed E-state index contributed by atoms with van der Waals surface area (Å²) in [5.74, 6) is -1.84. The molecule has 0 unspecified atom stereocenters. The van der Waals surface area contributed by atoms with E-state index in [1.807, 2.05) is 38.2 Å². The third-order valence-electron chi connectivity index (χ3n) is 5.08. The van der Waals surface area contributed by atoms with Crippen LogP contribution in [-0.4, -0.2) is 33.9 Å². The highest BCUT2D eigenvalue weighted by atomic mass is 35.5. The Bertz CT molecular complexity index is 1330. The van der Waals surface area contributed by atoms with E-state index >= 15 is 0 Å². The third kappa shape index (κ3) is 7.63. The second-order valence-electron chi connectivity index (χ2n) is 7.84. The molecule has 1 N–H and O–H groups in total. The van der Waals surface area contributed by atoms with E-state index in [9.17, 15) is 22.8 Å². The van der Waals surface area contributed by atoms with Crippen molar-refractivity contribution in [2.45, 2.75) is 47.1 Å². The number of alkyl halides is 3. The van der Waals surface area contributed by atoms with Gasteiger partial charge in [-0.1, -0.05) is 35.9 Å². The van der Waals surface area contributed by atoms with Crippen molar-refractivity contribution in [3.63, 3.8) is 0 Å². The third-order valence-corrected chi connectivity index (χ3v) is 5.40. The Morgan fingerprint density at radius 3 is 2.22 bits per heavy atom. The molecule has 10 heteroatoms. The van der Waals surface area contributed by atoms with Gasteiger partial charge < -0.3 is 19.1 Å². The number of ether oxygens (including phenoxy) is 2. The number of carbonyl (C=O) groups is 2. The number of halogens is 4. The summed E-state index contributed by atoms with van der Waals surface area (Å²) in [7, 11) is 0. The van der Waals surface area contributed by atoms with Crippen LogP contribution in [-0.2, 0) is 4.79 Å². The summed E-state index contributed by atoms with van der Waals surface area (Å²) in [5, 5.41) is 9.67. The lowest BCUT2D eigenvalue weighted by Gasteiger charge is -2.15. The number of allylic oxidation sites excluding steroid dienone is 4. The first-order chi connectivity index (χ1) is 17.3. The first-order valence-electron chi connectivity index (χ1n) is 11.2. The van der Waals surface area contributed by atoms with Crippen LogP contribution in [0.5, 0.6) is 11.5 Å². The van der Waals surface area contributed by atoms with Gasteiger partial charge >= 0.3 is 12.3 Å². The van der Waals surface area contributed by atoms with Crippen molar-refractivity contribution in [2.75, 3.05) is 0 Å². The molecule has 0 amide bonds. The molecule has 0 aliphatic carbocycles. The van der Waals surface area contributed by atoms with Crippen LogP contribution < -0.4 is 9.47 Å². The first kappa shape index (κ1) is 29.5. The molecule has 1 heterocycles. The molecule has 2 aromatic carbocycles. The second-order valence-corrected chi connectivity index (χ2v) is 8.25. The minimum atomic E-state index is -4.88. The molecule has 198 valence electrons. The van der Waals surface area contributed by atoms with E-state index in [1.54, 1.807) is 17.6 Å². The van der Waals surface area contributed by atoms with Gasteiger partial charge in [0.15, 0.2) is 11.9 Å². The van der Waals surface area contributed by atoms with Crippen molar-refractivity contribution in [3.05, 3.63) is 77.0 Å². The number of rotatable bonds is 7. The molecule has 0 saturated heterocycles. The van der Waals surface area contributed by atoms with E-state index < -0.39 is 24.2 Å². The predicted octanol–water partition coefficient (Wildman–Crippen LogP) is 7.68. The van der Waals surface area contributed by atoms with Crippen LogP contribution in [0.3, 0.4) is 0 Å². The smallest absolute Gasteiger partial charge is 0.479 e. The van der Waals surface area contributed by atoms with E-state index in [0.29, 0.717) is 27.8 Å². The summed E-state index contributed by atoms with van der Waals surface area (Å²) in [6.45, 7) is 8.34. The number of hydrogen-bond acceptors (Lipinski definition) is 4. The van der Waals surface area contributed by atoms with Gasteiger partial charge in [0, 0.05) is 34.5 Å². The van der Waals surface area contributed by atoms with Gasteiger partial charge in [0.05, 0.1) is 10.5 Å². The maximum absolute atomic E-state index is 12.7. The molecular formula is C27H27ClF3NO5. The molecule has 0 bridgehead atoms. The van der Waals surface area contributed by atoms with Gasteiger partial charge in [-0.05, 0) is 58.9 Å². The molecule has 0 fully saturated rings. The zero-order valence-electron chi connectivity index (χ0n) is 20.9. The van der Waals surface area contributed by atoms with Crippen LogP contribution in [0.2, 0.25) is 5.02 Å². The molecule has 3 aromatic rings. The number of carboxylic acids is 1. The lowest BCUT2D eigenvalue weighted by atomic mass is 10.1. The van der Waals surface area contributed by atoms with Crippen LogP contribution in [0.4, 0.5) is 13.2 Å². The van der Waals surface area contributed by atoms with Crippen molar-refractivity contribution in [1.29, 1.82) is 0 Å². The second kappa shape index (κ2) is 12.5. The summed E-state index contributed by atoms with van der Waals surface area (Å²) in [4.78, 5) is 23.4. The number of carbonyl (C=O) groups excluding carboxylic acids is 1. The standard InChI is InChI=1S/C21H17ClF3NO5.C6H10/c1-10-19(11(2)27)15-6-5-14(31-21(23,24)25)9-17(15)26(10)13-4-7-16(22)18(8-13)30-12(3)20(28)29;1-3-5-6-4-2/h4-9,12H,1-3H3,(H,28,29);3-6H,1-2H3/b;5-3-,6-4-/t12-;/m1./s1. The molecule has 0 spiro atoms. The van der Waals surface area contributed by atoms with Gasteiger partial charge in [-0.3, -0.25) is 4.79 Å². The minimum Gasteiger partial charge on any atom is -0.479 e. The molecule has 6 nitrogen and oxygen atoms in total. The number of Topliss-reactive ketones (excluding diaryl/α,β-unsaturated/α-hetero) is 1. The van der Waals surface area contributed by atoms with Crippen LogP contribution >= 0.6 is 11.6 Å². The Hall–Kier alpha value is -3.72. The number of fused-ring (bicyclic) bond motifs is 1. The Morgan fingerprint density at radius 1 is 1.08 bits per heavy atom. The molecule has 0 aliphatic heterocycles. The van der Waals surface area contributed by atoms with Gasteiger partial charge in [-0.2, -0.15) is 0 Å². The summed E-state index contributed by atoms with van der Waals surface area (Å²) in [6.07, 6.45) is 1.94. The van der Waals surface area contributed by atoms with Gasteiger partial charge in [-0.25, -0.2) is 4.79 Å². The fraction of sp³-hybridized carbons (Fsp3) is 0.259. The molecule has 1 atom stereocenters. The largest absolute Gasteiger partial charge is 0.573 e. The van der Waals surface area contributed by atoms with E-state index in [1.165, 1.54) is 38.1 Å². The highest BCUT2D eigenvalue weighted by Crippen LogP contribution is 2.36. The van der Waals surface area contributed by atoms with Crippen molar-refractivity contribution in [1.82, 2.24) is 4.57 Å². The lowest BCUT2D eigenvalue weighted by Crippen LogP contribution is -2.23. The van der Waals surface area contributed by atoms with E-state index in [0.717, 1.165) is 6.07 Å². The van der Waals surface area contributed by atoms with Gasteiger partial charge in [0.2, 0.25) is 0 Å². The van der Waals surface area contributed by atoms with Gasteiger partial charge in [0.25, 0.3) is 0 Å². The zero-order chi connectivity index (χ0) is 27.9. The Labute approximate surface area is 217 Å². The average molecular weight is 538 g/mol. The number of benzene rings is 2. The van der Waals surface area contributed by atoms with Crippen molar-refractivity contribution in [3.8, 4) is 17.2 Å². The van der Waals surface area contributed by atoms with Crippen molar-refractivity contribution in [2.24, 2.45) is 0 Å². The predicted molar refractivity (Wildman–Crippen MR) is 137 cm³/mol. The highest BCUT2D eigenvalue weighted by Gasteiger charge is 2.31. The fourth-order valence-corrected chi connectivity index (χ4v) is 3.72. The van der Waals surface area contributed by atoms with E-state index in [-0.39, 0.29) is 16.6 Å². The minimum absolute atomic E-state index is 0.0717. The van der Waals surface area contributed by atoms with Crippen molar-refractivity contribution < 1.29 is 37.3 Å². The highest BCUT2D eigenvalue weighted by molar-refractivity contribution is 6.32. The lowest BCUT2D eigenvalue weighted by molar-refractivity contribution is -0.274. The summed E-state index contributed by atoms with van der Waals surface area (Å²) in [5.41, 5.74) is 1.52. The molecule has 0 radical (unpaired) electrons. The number of aromatic nitrogens is 1. The average Bonchev–Trinajstić information content (AvgIpc) is 3.09. The molecule has 3 rings (SSSR count). The Kier molecular flexibility index (Phi) is 9.96. The normalized spacial score (nSPS) is 12.5. The number of aliphatic carboxylic acids is 1. The maximum atomic E-state index is 12.7. The SMILES string of the molecule is C/C=C\C=C/C.CC(=O)c1c(C)n(-c2ccc(Cl)c(O[C@H](C)C(=O)O)c2)c2cc(OC(F)(F)F)ccc12. The summed E-state index contributed by atoms with van der Waals surface area (Å²) in [6, 6.07) is 8.20. The zero-order valence-corrected chi connectivity index (χ0v) is 21.6. The Balaban J connectivity index is 0.000000717. The number of hydrogen-bond donors (Lipinski definition) is 1. The molecule has 0 aliphatic rings. The molecule has 0 saturated carbocycles. The van der Waals surface area contributed by atoms with Crippen LogP contribution in [0.1, 0.15) is 43.7 Å². The molecule has 37 heavy (non-hydrogen) atoms. The maximum Gasteiger partial charge on any atom is 0.573 e. The summed E-state index contributed by atoms with van der Waals surface area (Å²) >= 11 is 6.12. The van der Waals surface area contributed by atoms with Crippen LogP contribution in [0, 0.1) is 6.92 Å². The fourth-order valence-electron chi connectivity index (χ4n) is 3.55. The quantitative estimate of drug-likeness (QED) is 0.247. The first-order valence-corrected chi connectivity index (χ1v) is 11.5. The Morgan fingerprint density at radius 2 is 1.70 bits per heavy atom. The number of carboxylic acid groups (broad SMARTS) is 1. The van der Waals surface area contributed by atoms with Crippen molar-refractivity contribution >= 4 is 34.3 Å². The van der Waals surface area contributed by atoms with E-state index in [2.05, 4.69) is 4.74 Å². The number of ketones is 1. The molecule has 1 aromatic heterocycles. The van der Waals surface area contributed by atoms with E-state index in [4.69, 9.17) is 21.4 Å². The molecular weight excluding hydrogens is 511 g/mol. The monoisotopic (exact) mass is 537 g/mol. The van der Waals surface area contributed by atoms with Crippen LogP contribution in [0.15, 0.2) is 60.7 Å². The van der Waals surface area contributed by atoms with Gasteiger partial charge in [-0.15, -0.1) is 13.2 Å². The van der Waals surface area contributed by atoms with Crippen LogP contribution in [0.25, 0.3) is 16.6 Å². The van der Waals surface area contributed by atoms with Gasteiger partial charge in [0.1, 0.15) is 11.5 Å². The topological polar surface area (TPSA) is 77.8 Å². The summed E-state index contributed by atoms with van der Waals surface area (Å²) < 4.78 is 49.1.